The van der Waals surface area contributed by atoms with Gasteiger partial charge in [0.25, 0.3) is 0 Å². The molecule has 0 radical (unpaired) electrons. The van der Waals surface area contributed by atoms with Crippen LogP contribution in [0.2, 0.25) is 0 Å². The van der Waals surface area contributed by atoms with Crippen LogP contribution in [-0.2, 0) is 16.1 Å². The molecule has 0 saturated carbocycles. The van der Waals surface area contributed by atoms with E-state index in [4.69, 9.17) is 9.26 Å². The maximum Gasteiger partial charge on any atom is 0.230 e. The van der Waals surface area contributed by atoms with Crippen molar-refractivity contribution in [1.29, 1.82) is 0 Å². The first-order valence-corrected chi connectivity index (χ1v) is 8.48. The van der Waals surface area contributed by atoms with Crippen molar-refractivity contribution in [2.45, 2.75) is 39.7 Å². The number of carbonyl (C=O) groups excluding carboxylic acids is 1. The zero-order valence-electron chi connectivity index (χ0n) is 14.4. The third-order valence-electron chi connectivity index (χ3n) is 5.39. The summed E-state index contributed by atoms with van der Waals surface area (Å²) in [4.78, 5) is 17.3. The molecule has 0 aromatic carbocycles. The quantitative estimate of drug-likeness (QED) is 0.827. The number of hydrogen-bond donors (Lipinski definition) is 0. The zero-order chi connectivity index (χ0) is 16.4. The van der Waals surface area contributed by atoms with E-state index in [9.17, 15) is 4.79 Å². The minimum absolute atomic E-state index is 0.190. The molecule has 3 rings (SSSR count). The van der Waals surface area contributed by atoms with Crippen molar-refractivity contribution in [1.82, 2.24) is 15.0 Å². The summed E-state index contributed by atoms with van der Waals surface area (Å²) in [7, 11) is 1.68. The lowest BCUT2D eigenvalue weighted by molar-refractivity contribution is -0.139. The SMILES string of the molecule is COCCN1CCC2(CCCN(Cc3c(C)noc3C)C2)C1=O. The van der Waals surface area contributed by atoms with Crippen molar-refractivity contribution < 1.29 is 14.1 Å². The summed E-state index contributed by atoms with van der Waals surface area (Å²) in [5.41, 5.74) is 1.94. The van der Waals surface area contributed by atoms with E-state index >= 15 is 0 Å². The van der Waals surface area contributed by atoms with Crippen molar-refractivity contribution in [3.05, 3.63) is 17.0 Å². The van der Waals surface area contributed by atoms with Gasteiger partial charge in [-0.3, -0.25) is 9.69 Å². The highest BCUT2D eigenvalue weighted by Crippen LogP contribution is 2.40. The Bertz CT molecular complexity index is 552. The number of likely N-dealkylation sites (tertiary alicyclic amines) is 2. The highest BCUT2D eigenvalue weighted by Gasteiger charge is 2.48. The molecule has 0 aliphatic carbocycles. The number of aromatic nitrogens is 1. The first-order valence-electron chi connectivity index (χ1n) is 8.48. The Kier molecular flexibility index (Phi) is 4.73. The summed E-state index contributed by atoms with van der Waals surface area (Å²) < 4.78 is 10.4. The van der Waals surface area contributed by atoms with Crippen LogP contribution < -0.4 is 0 Å². The predicted molar refractivity (Wildman–Crippen MR) is 86.0 cm³/mol. The van der Waals surface area contributed by atoms with E-state index in [0.29, 0.717) is 19.1 Å². The molecule has 1 spiro atoms. The summed E-state index contributed by atoms with van der Waals surface area (Å²) in [6.45, 7) is 8.85. The topological polar surface area (TPSA) is 58.8 Å². The molecule has 1 amide bonds. The molecule has 2 fully saturated rings. The molecule has 1 aromatic rings. The molecule has 3 heterocycles. The largest absolute Gasteiger partial charge is 0.383 e. The average molecular weight is 321 g/mol. The van der Waals surface area contributed by atoms with E-state index in [0.717, 1.165) is 56.9 Å². The monoisotopic (exact) mass is 321 g/mol. The number of hydrogen-bond acceptors (Lipinski definition) is 5. The molecule has 128 valence electrons. The van der Waals surface area contributed by atoms with Crippen LogP contribution in [-0.4, -0.2) is 60.8 Å². The summed E-state index contributed by atoms with van der Waals surface area (Å²) in [6, 6.07) is 0. The second kappa shape index (κ2) is 6.61. The Labute approximate surface area is 137 Å². The molecule has 1 aromatic heterocycles. The summed E-state index contributed by atoms with van der Waals surface area (Å²) in [5.74, 6) is 1.21. The number of carbonyl (C=O) groups is 1. The standard InChI is InChI=1S/C17H27N3O3/c1-13-15(14(2)23-18-13)11-19-7-4-5-17(12-19)6-8-20(16(17)21)9-10-22-3/h4-12H2,1-3H3. The minimum atomic E-state index is -0.190. The van der Waals surface area contributed by atoms with Crippen molar-refractivity contribution in [3.63, 3.8) is 0 Å². The van der Waals surface area contributed by atoms with Gasteiger partial charge >= 0.3 is 0 Å². The van der Waals surface area contributed by atoms with Crippen LogP contribution in [0.15, 0.2) is 4.52 Å². The smallest absolute Gasteiger partial charge is 0.230 e. The van der Waals surface area contributed by atoms with E-state index in [2.05, 4.69) is 10.1 Å². The molecule has 2 aliphatic heterocycles. The molecule has 1 atom stereocenters. The molecule has 23 heavy (non-hydrogen) atoms. The molecule has 0 N–H and O–H groups in total. The van der Waals surface area contributed by atoms with Crippen LogP contribution in [0.5, 0.6) is 0 Å². The van der Waals surface area contributed by atoms with Crippen LogP contribution in [0.3, 0.4) is 0 Å². The number of methoxy groups -OCH3 is 1. The van der Waals surface area contributed by atoms with Gasteiger partial charge in [-0.1, -0.05) is 5.16 Å². The number of nitrogens with zero attached hydrogens (tertiary/aromatic N) is 3. The molecule has 6 nitrogen and oxygen atoms in total. The molecule has 6 heteroatoms. The fraction of sp³-hybridized carbons (Fsp3) is 0.765. The van der Waals surface area contributed by atoms with Gasteiger partial charge in [0, 0.05) is 38.9 Å². The number of rotatable bonds is 5. The van der Waals surface area contributed by atoms with Crippen molar-refractivity contribution in [2.75, 3.05) is 39.9 Å². The van der Waals surface area contributed by atoms with Gasteiger partial charge in [-0.05, 0) is 39.7 Å². The van der Waals surface area contributed by atoms with Crippen LogP contribution >= 0.6 is 0 Å². The van der Waals surface area contributed by atoms with Crippen molar-refractivity contribution in [2.24, 2.45) is 5.41 Å². The number of aryl methyl sites for hydroxylation is 2. The second-order valence-electron chi connectivity index (χ2n) is 6.93. The lowest BCUT2D eigenvalue weighted by atomic mass is 9.78. The third-order valence-corrected chi connectivity index (χ3v) is 5.39. The summed E-state index contributed by atoms with van der Waals surface area (Å²) in [6.07, 6.45) is 3.05. The minimum Gasteiger partial charge on any atom is -0.383 e. The predicted octanol–water partition coefficient (Wildman–Crippen LogP) is 1.75. The Hall–Kier alpha value is -1.40. The fourth-order valence-corrected chi connectivity index (χ4v) is 4.00. The molecule has 2 aliphatic rings. The van der Waals surface area contributed by atoms with Crippen LogP contribution in [0.1, 0.15) is 36.3 Å². The molecular formula is C17H27N3O3. The van der Waals surface area contributed by atoms with E-state index in [1.54, 1.807) is 7.11 Å². The third kappa shape index (κ3) is 3.15. The van der Waals surface area contributed by atoms with E-state index in [-0.39, 0.29) is 5.41 Å². The molecule has 2 saturated heterocycles. The lowest BCUT2D eigenvalue weighted by Gasteiger charge is -2.39. The van der Waals surface area contributed by atoms with Gasteiger partial charge in [-0.15, -0.1) is 0 Å². The van der Waals surface area contributed by atoms with Gasteiger partial charge in [-0.2, -0.15) is 0 Å². The summed E-state index contributed by atoms with van der Waals surface area (Å²) >= 11 is 0. The maximum atomic E-state index is 12.9. The van der Waals surface area contributed by atoms with E-state index < -0.39 is 0 Å². The normalized spacial score (nSPS) is 25.7. The van der Waals surface area contributed by atoms with Crippen LogP contribution in [0.25, 0.3) is 0 Å². The van der Waals surface area contributed by atoms with Gasteiger partial charge in [0.15, 0.2) is 0 Å². The molecular weight excluding hydrogens is 294 g/mol. The first kappa shape index (κ1) is 16.5. The van der Waals surface area contributed by atoms with Gasteiger partial charge < -0.3 is 14.2 Å². The van der Waals surface area contributed by atoms with E-state index in [1.807, 2.05) is 18.7 Å². The number of ether oxygens (including phenoxy) is 1. The first-order chi connectivity index (χ1) is 11.1. The summed E-state index contributed by atoms with van der Waals surface area (Å²) in [5, 5.41) is 4.04. The Morgan fingerprint density at radius 2 is 2.13 bits per heavy atom. The molecule has 0 bridgehead atoms. The fourth-order valence-electron chi connectivity index (χ4n) is 4.00. The van der Waals surface area contributed by atoms with Crippen LogP contribution in [0.4, 0.5) is 0 Å². The zero-order valence-corrected chi connectivity index (χ0v) is 14.4. The highest BCUT2D eigenvalue weighted by atomic mass is 16.5. The number of amides is 1. The molecule has 1 unspecified atom stereocenters. The van der Waals surface area contributed by atoms with E-state index in [1.165, 1.54) is 5.56 Å². The Morgan fingerprint density at radius 3 is 2.83 bits per heavy atom. The average Bonchev–Trinajstić information content (AvgIpc) is 3.01. The number of piperidine rings is 1. The highest BCUT2D eigenvalue weighted by molar-refractivity contribution is 5.85. The second-order valence-corrected chi connectivity index (χ2v) is 6.93. The van der Waals surface area contributed by atoms with Crippen molar-refractivity contribution >= 4 is 5.91 Å². The van der Waals surface area contributed by atoms with Gasteiger partial charge in [0.1, 0.15) is 5.76 Å². The van der Waals surface area contributed by atoms with Gasteiger partial charge in [0.2, 0.25) is 5.91 Å². The van der Waals surface area contributed by atoms with Gasteiger partial charge in [-0.25, -0.2) is 0 Å². The van der Waals surface area contributed by atoms with Gasteiger partial charge in [0.05, 0.1) is 17.7 Å². The Balaban J connectivity index is 1.67. The lowest BCUT2D eigenvalue weighted by Crippen LogP contribution is -2.47. The van der Waals surface area contributed by atoms with Crippen molar-refractivity contribution in [3.8, 4) is 0 Å². The Morgan fingerprint density at radius 1 is 1.30 bits per heavy atom. The van der Waals surface area contributed by atoms with Crippen LogP contribution in [0, 0.1) is 19.3 Å². The maximum absolute atomic E-state index is 12.9.